The summed E-state index contributed by atoms with van der Waals surface area (Å²) in [5.41, 5.74) is 7.37. The first-order valence-electron chi connectivity index (χ1n) is 3.55. The number of H-pyrrole nitrogens is 1. The minimum atomic E-state index is 0.653. The van der Waals surface area contributed by atoms with Crippen LogP contribution in [-0.4, -0.2) is 9.78 Å². The van der Waals surface area contributed by atoms with E-state index in [0.29, 0.717) is 10.5 Å². The average molecular weight is 181 g/mol. The lowest BCUT2D eigenvalue weighted by Crippen LogP contribution is -2.21. The van der Waals surface area contributed by atoms with Crippen molar-refractivity contribution in [3.63, 3.8) is 0 Å². The van der Waals surface area contributed by atoms with E-state index in [1.165, 1.54) is 0 Å². The lowest BCUT2D eigenvalue weighted by atomic mass is 10.4. The predicted molar refractivity (Wildman–Crippen MR) is 48.2 cm³/mol. The van der Waals surface area contributed by atoms with Crippen molar-refractivity contribution in [3.05, 3.63) is 23.1 Å². The molecule has 0 spiro atoms. The molecule has 0 aliphatic rings. The fraction of sp³-hybridized carbons (Fsp3) is 0.143. The van der Waals surface area contributed by atoms with E-state index in [4.69, 9.17) is 18.0 Å². The van der Waals surface area contributed by atoms with Crippen LogP contribution in [0.1, 0.15) is 0 Å². The Labute approximate surface area is 74.2 Å². The summed E-state index contributed by atoms with van der Waals surface area (Å²) in [6.07, 6.45) is 1.88. The highest BCUT2D eigenvalue weighted by Crippen LogP contribution is 2.05. The fourth-order valence-corrected chi connectivity index (χ4v) is 1.57. The van der Waals surface area contributed by atoms with Gasteiger partial charge in [-0.1, -0.05) is 0 Å². The van der Waals surface area contributed by atoms with E-state index in [0.717, 1.165) is 5.65 Å². The average Bonchev–Trinajstić information content (AvgIpc) is 2.29. The summed E-state index contributed by atoms with van der Waals surface area (Å²) >= 11 is 5.07. The van der Waals surface area contributed by atoms with E-state index in [2.05, 4.69) is 5.10 Å². The van der Waals surface area contributed by atoms with Crippen LogP contribution in [0.3, 0.4) is 0 Å². The highest BCUT2D eigenvalue weighted by Gasteiger charge is 2.09. The van der Waals surface area contributed by atoms with Crippen molar-refractivity contribution in [2.75, 3.05) is 5.73 Å². The summed E-state index contributed by atoms with van der Waals surface area (Å²) < 4.78 is 4.29. The highest BCUT2D eigenvalue weighted by molar-refractivity contribution is 7.71. The first kappa shape index (κ1) is 7.30. The fourth-order valence-electron chi connectivity index (χ4n) is 1.29. The third-order valence-corrected chi connectivity index (χ3v) is 2.09. The molecular formula is C7H9N4S+. The highest BCUT2D eigenvalue weighted by atomic mass is 32.1. The molecule has 0 bridgehead atoms. The number of nitrogens with one attached hydrogen (secondary N) is 1. The number of anilines is 1. The van der Waals surface area contributed by atoms with Crippen LogP contribution >= 0.6 is 12.2 Å². The van der Waals surface area contributed by atoms with E-state index in [1.807, 2.05) is 29.8 Å². The molecule has 4 nitrogen and oxygen atoms in total. The molecule has 2 rings (SSSR count). The van der Waals surface area contributed by atoms with Gasteiger partial charge in [0.25, 0.3) is 5.65 Å². The maximum absolute atomic E-state index is 5.76. The van der Waals surface area contributed by atoms with Gasteiger partial charge in [0, 0.05) is 0 Å². The number of nitrogens with two attached hydrogens (primary N) is 1. The van der Waals surface area contributed by atoms with Crippen molar-refractivity contribution < 1.29 is 4.40 Å². The first-order chi connectivity index (χ1) is 5.70. The zero-order valence-electron chi connectivity index (χ0n) is 6.61. The van der Waals surface area contributed by atoms with Gasteiger partial charge >= 0.3 is 4.77 Å². The summed E-state index contributed by atoms with van der Waals surface area (Å²) in [6, 6.07) is 3.71. The number of aromatic amines is 1. The van der Waals surface area contributed by atoms with Crippen molar-refractivity contribution in [1.82, 2.24) is 9.78 Å². The van der Waals surface area contributed by atoms with Crippen molar-refractivity contribution in [3.8, 4) is 0 Å². The molecule has 0 aromatic carbocycles. The summed E-state index contributed by atoms with van der Waals surface area (Å²) in [6.45, 7) is 0. The van der Waals surface area contributed by atoms with Crippen LogP contribution in [0.25, 0.3) is 5.65 Å². The van der Waals surface area contributed by atoms with E-state index in [1.54, 1.807) is 4.68 Å². The van der Waals surface area contributed by atoms with Gasteiger partial charge in [0.1, 0.15) is 5.69 Å². The van der Waals surface area contributed by atoms with Crippen molar-refractivity contribution in [2.45, 2.75) is 0 Å². The Morgan fingerprint density at radius 3 is 3.08 bits per heavy atom. The topological polar surface area (TPSA) is 50.8 Å². The van der Waals surface area contributed by atoms with Gasteiger partial charge in [-0.2, -0.15) is 4.40 Å². The molecule has 2 aromatic heterocycles. The molecule has 62 valence electrons. The molecule has 0 radical (unpaired) electrons. The lowest BCUT2D eigenvalue weighted by molar-refractivity contribution is -0.519. The Kier molecular flexibility index (Phi) is 1.41. The number of hydrogen-bond acceptors (Lipinski definition) is 2. The van der Waals surface area contributed by atoms with Gasteiger partial charge in [0.2, 0.25) is 0 Å². The molecule has 0 saturated heterocycles. The van der Waals surface area contributed by atoms with Crippen LogP contribution in [0.5, 0.6) is 0 Å². The second-order valence-electron chi connectivity index (χ2n) is 2.63. The van der Waals surface area contributed by atoms with Crippen LogP contribution < -0.4 is 10.1 Å². The quantitative estimate of drug-likeness (QED) is 0.456. The minimum Gasteiger partial charge on any atom is -0.393 e. The molecule has 0 fully saturated rings. The zero-order valence-corrected chi connectivity index (χ0v) is 7.43. The largest absolute Gasteiger partial charge is 0.393 e. The Hall–Kier alpha value is -1.36. The van der Waals surface area contributed by atoms with Gasteiger partial charge in [0.15, 0.2) is 0 Å². The summed E-state index contributed by atoms with van der Waals surface area (Å²) in [4.78, 5) is 0. The number of rotatable bonds is 0. The Balaban J connectivity index is 3.09. The molecule has 0 saturated carbocycles. The van der Waals surface area contributed by atoms with Crippen molar-refractivity contribution >= 4 is 23.6 Å². The predicted octanol–water partition coefficient (Wildman–Crippen LogP) is 0.404. The number of nitrogen functional groups attached to an aromatic ring is 1. The van der Waals surface area contributed by atoms with Gasteiger partial charge in [0.05, 0.1) is 13.2 Å². The Morgan fingerprint density at radius 2 is 2.42 bits per heavy atom. The molecule has 0 aliphatic heterocycles. The second kappa shape index (κ2) is 2.31. The lowest BCUT2D eigenvalue weighted by Gasteiger charge is -1.91. The Morgan fingerprint density at radius 1 is 1.67 bits per heavy atom. The van der Waals surface area contributed by atoms with Gasteiger partial charge in [-0.05, 0) is 24.4 Å². The van der Waals surface area contributed by atoms with Gasteiger partial charge < -0.3 is 5.73 Å². The van der Waals surface area contributed by atoms with Gasteiger partial charge in [-0.25, -0.2) is 0 Å². The Bertz CT molecular complexity index is 482. The van der Waals surface area contributed by atoms with Gasteiger partial charge in [-0.3, -0.25) is 0 Å². The number of hydrogen-bond donors (Lipinski definition) is 2. The van der Waals surface area contributed by atoms with Crippen LogP contribution in [0, 0.1) is 4.77 Å². The van der Waals surface area contributed by atoms with Crippen LogP contribution in [0.15, 0.2) is 18.3 Å². The van der Waals surface area contributed by atoms with Crippen LogP contribution in [-0.2, 0) is 7.05 Å². The van der Waals surface area contributed by atoms with E-state index >= 15 is 0 Å². The third-order valence-electron chi connectivity index (χ3n) is 1.80. The van der Waals surface area contributed by atoms with Crippen molar-refractivity contribution in [1.29, 1.82) is 0 Å². The maximum Gasteiger partial charge on any atom is 0.328 e. The molecule has 12 heavy (non-hydrogen) atoms. The molecule has 2 heterocycles. The number of aromatic nitrogens is 3. The molecule has 0 aliphatic carbocycles. The molecular weight excluding hydrogens is 172 g/mol. The minimum absolute atomic E-state index is 0.653. The monoisotopic (exact) mass is 181 g/mol. The summed E-state index contributed by atoms with van der Waals surface area (Å²) in [7, 11) is 1.88. The second-order valence-corrected chi connectivity index (χ2v) is 3.02. The number of nitrogens with zero attached hydrogens (tertiary/aromatic N) is 2. The SMILES string of the molecule is Cn1[nH]c(=S)[n+]2cccc(N)c12. The smallest absolute Gasteiger partial charge is 0.328 e. The molecule has 3 N–H and O–H groups in total. The molecule has 0 atom stereocenters. The van der Waals surface area contributed by atoms with E-state index in [9.17, 15) is 0 Å². The molecule has 0 amide bonds. The van der Waals surface area contributed by atoms with Crippen molar-refractivity contribution in [2.24, 2.45) is 7.05 Å². The summed E-state index contributed by atoms with van der Waals surface area (Å²) in [5, 5.41) is 2.97. The van der Waals surface area contributed by atoms with Crippen LogP contribution in [0.4, 0.5) is 5.69 Å². The number of pyridine rings is 1. The normalized spacial score (nSPS) is 10.8. The standard InChI is InChI=1S/C7H8N4S/c1-10-6-5(8)3-2-4-11(6)7(12)9-10/h2-4H,8H2,1H3/p+1. The zero-order chi connectivity index (χ0) is 8.72. The van der Waals surface area contributed by atoms with Gasteiger partial charge in [-0.15, -0.1) is 9.78 Å². The maximum atomic E-state index is 5.76. The number of aryl methyl sites for hydroxylation is 1. The molecule has 0 unspecified atom stereocenters. The number of fused-ring (bicyclic) bond motifs is 1. The molecule has 2 aromatic rings. The van der Waals surface area contributed by atoms with E-state index < -0.39 is 0 Å². The van der Waals surface area contributed by atoms with E-state index in [-0.39, 0.29) is 0 Å². The van der Waals surface area contributed by atoms with Crippen LogP contribution in [0.2, 0.25) is 0 Å². The summed E-state index contributed by atoms with van der Waals surface area (Å²) in [5.74, 6) is 0. The molecule has 5 heteroatoms. The third kappa shape index (κ3) is 0.831. The first-order valence-corrected chi connectivity index (χ1v) is 3.96.